The van der Waals surface area contributed by atoms with Crippen LogP contribution in [0.1, 0.15) is 26.3 Å². The molecule has 1 heterocycles. The van der Waals surface area contributed by atoms with Gasteiger partial charge in [-0.2, -0.15) is 0 Å². The lowest BCUT2D eigenvalue weighted by Gasteiger charge is -2.29. The van der Waals surface area contributed by atoms with E-state index in [9.17, 15) is 4.39 Å². The molecule has 1 aromatic carbocycles. The molecule has 1 nitrogen and oxygen atoms in total. The van der Waals surface area contributed by atoms with Crippen molar-refractivity contribution in [3.05, 3.63) is 47.9 Å². The van der Waals surface area contributed by atoms with Crippen molar-refractivity contribution in [1.82, 2.24) is 4.98 Å². The molecule has 0 saturated carbocycles. The standard InChI is InChI=1S/C18H24FNSi/c1-18(2,3)15-11-16(13-7-9-14(19)10-8-13)20-12-17(15)21(4,5)6/h7-12H,1-6H3. The molecular weight excluding hydrogens is 277 g/mol. The molecule has 0 aliphatic carbocycles. The molecule has 0 atom stereocenters. The molecule has 0 spiro atoms. The minimum Gasteiger partial charge on any atom is -0.256 e. The maximum atomic E-state index is 13.1. The van der Waals surface area contributed by atoms with Crippen molar-refractivity contribution >= 4 is 13.3 Å². The second-order valence-electron chi connectivity index (χ2n) is 7.62. The average molecular weight is 301 g/mol. The molecule has 2 rings (SSSR count). The maximum absolute atomic E-state index is 13.1. The van der Waals surface area contributed by atoms with Crippen LogP contribution in [0, 0.1) is 5.82 Å². The fraction of sp³-hybridized carbons (Fsp3) is 0.389. The Morgan fingerprint density at radius 2 is 1.57 bits per heavy atom. The lowest BCUT2D eigenvalue weighted by Crippen LogP contribution is -2.43. The summed E-state index contributed by atoms with van der Waals surface area (Å²) in [6.45, 7) is 13.7. The van der Waals surface area contributed by atoms with Crippen molar-refractivity contribution in [3.8, 4) is 11.3 Å². The fourth-order valence-corrected chi connectivity index (χ4v) is 4.16. The minimum atomic E-state index is -1.44. The van der Waals surface area contributed by atoms with Crippen LogP contribution < -0.4 is 5.19 Å². The summed E-state index contributed by atoms with van der Waals surface area (Å²) in [5.41, 5.74) is 3.31. The second kappa shape index (κ2) is 5.37. The molecule has 3 heteroatoms. The highest BCUT2D eigenvalue weighted by molar-refractivity contribution is 6.89. The van der Waals surface area contributed by atoms with Crippen molar-refractivity contribution in [2.75, 3.05) is 0 Å². The summed E-state index contributed by atoms with van der Waals surface area (Å²) in [7, 11) is -1.44. The molecule has 0 amide bonds. The molecule has 0 N–H and O–H groups in total. The van der Waals surface area contributed by atoms with Gasteiger partial charge in [0.25, 0.3) is 0 Å². The van der Waals surface area contributed by atoms with Gasteiger partial charge >= 0.3 is 0 Å². The van der Waals surface area contributed by atoms with E-state index in [1.165, 1.54) is 22.9 Å². The highest BCUT2D eigenvalue weighted by Gasteiger charge is 2.27. The van der Waals surface area contributed by atoms with Crippen LogP contribution in [0.5, 0.6) is 0 Å². The first-order valence-corrected chi connectivity index (χ1v) is 10.9. The summed E-state index contributed by atoms with van der Waals surface area (Å²) in [4.78, 5) is 4.63. The van der Waals surface area contributed by atoms with Gasteiger partial charge in [-0.25, -0.2) is 4.39 Å². The molecule has 2 aromatic rings. The van der Waals surface area contributed by atoms with Crippen LogP contribution in [0.4, 0.5) is 4.39 Å². The first kappa shape index (κ1) is 15.9. The summed E-state index contributed by atoms with van der Waals surface area (Å²) in [6.07, 6.45) is 2.03. The van der Waals surface area contributed by atoms with E-state index in [0.29, 0.717) is 0 Å². The second-order valence-corrected chi connectivity index (χ2v) is 12.7. The lowest BCUT2D eigenvalue weighted by molar-refractivity contribution is 0.593. The quantitative estimate of drug-likeness (QED) is 0.731. The van der Waals surface area contributed by atoms with Crippen molar-refractivity contribution < 1.29 is 4.39 Å². The van der Waals surface area contributed by atoms with Gasteiger partial charge in [0.2, 0.25) is 0 Å². The normalized spacial score (nSPS) is 12.5. The van der Waals surface area contributed by atoms with E-state index >= 15 is 0 Å². The predicted octanol–water partition coefficient (Wildman–Crippen LogP) is 4.73. The van der Waals surface area contributed by atoms with Crippen LogP contribution in [0.15, 0.2) is 36.5 Å². The summed E-state index contributed by atoms with van der Waals surface area (Å²) < 4.78 is 13.1. The van der Waals surface area contributed by atoms with Crippen LogP contribution >= 0.6 is 0 Å². The van der Waals surface area contributed by atoms with Gasteiger partial charge in [-0.15, -0.1) is 0 Å². The number of hydrogen-bond acceptors (Lipinski definition) is 1. The highest BCUT2D eigenvalue weighted by Crippen LogP contribution is 2.27. The zero-order valence-corrected chi connectivity index (χ0v) is 14.8. The van der Waals surface area contributed by atoms with Gasteiger partial charge in [0.15, 0.2) is 0 Å². The number of nitrogens with zero attached hydrogens (tertiary/aromatic N) is 1. The van der Waals surface area contributed by atoms with E-state index < -0.39 is 8.07 Å². The molecule has 0 fully saturated rings. The van der Waals surface area contributed by atoms with Gasteiger partial charge in [-0.3, -0.25) is 4.98 Å². The molecule has 0 saturated heterocycles. The topological polar surface area (TPSA) is 12.9 Å². The van der Waals surface area contributed by atoms with E-state index in [-0.39, 0.29) is 11.2 Å². The number of halogens is 1. The minimum absolute atomic E-state index is 0.0767. The van der Waals surface area contributed by atoms with E-state index in [1.807, 2.05) is 6.20 Å². The Hall–Kier alpha value is -1.48. The fourth-order valence-electron chi connectivity index (χ4n) is 2.45. The SMILES string of the molecule is CC(C)(C)c1cc(-c2ccc(F)cc2)ncc1[Si](C)(C)C. The summed E-state index contributed by atoms with van der Waals surface area (Å²) in [5, 5.41) is 1.40. The molecule has 0 radical (unpaired) electrons. The number of aromatic nitrogens is 1. The van der Waals surface area contributed by atoms with Crippen LogP contribution in [0.3, 0.4) is 0 Å². The molecule has 112 valence electrons. The largest absolute Gasteiger partial charge is 0.256 e. The summed E-state index contributed by atoms with van der Waals surface area (Å²) in [5.74, 6) is -0.214. The summed E-state index contributed by atoms with van der Waals surface area (Å²) in [6, 6.07) is 8.73. The van der Waals surface area contributed by atoms with E-state index in [4.69, 9.17) is 0 Å². The van der Waals surface area contributed by atoms with E-state index in [0.717, 1.165) is 11.3 Å². The Balaban J connectivity index is 2.60. The van der Waals surface area contributed by atoms with Crippen LogP contribution in [-0.2, 0) is 5.41 Å². The Bertz CT molecular complexity index is 634. The van der Waals surface area contributed by atoms with Crippen LogP contribution in [0.25, 0.3) is 11.3 Å². The highest BCUT2D eigenvalue weighted by atomic mass is 28.3. The first-order valence-electron chi connectivity index (χ1n) is 7.36. The smallest absolute Gasteiger partial charge is 0.123 e. The molecule has 1 aromatic heterocycles. The Labute approximate surface area is 128 Å². The molecule has 0 unspecified atom stereocenters. The van der Waals surface area contributed by atoms with Gasteiger partial charge in [-0.05, 0) is 46.5 Å². The van der Waals surface area contributed by atoms with Crippen LogP contribution in [-0.4, -0.2) is 13.1 Å². The van der Waals surface area contributed by atoms with E-state index in [2.05, 4.69) is 51.5 Å². The number of hydrogen-bond donors (Lipinski definition) is 0. The van der Waals surface area contributed by atoms with E-state index in [1.54, 1.807) is 12.1 Å². The van der Waals surface area contributed by atoms with Gasteiger partial charge < -0.3 is 0 Å². The molecule has 0 aliphatic heterocycles. The molecule has 21 heavy (non-hydrogen) atoms. The van der Waals surface area contributed by atoms with Crippen LogP contribution in [0.2, 0.25) is 19.6 Å². The number of pyridine rings is 1. The van der Waals surface area contributed by atoms with Crippen molar-refractivity contribution in [2.24, 2.45) is 0 Å². The predicted molar refractivity (Wildman–Crippen MR) is 91.3 cm³/mol. The zero-order valence-electron chi connectivity index (χ0n) is 13.8. The van der Waals surface area contributed by atoms with Crippen molar-refractivity contribution in [2.45, 2.75) is 45.8 Å². The van der Waals surface area contributed by atoms with Gasteiger partial charge in [0.1, 0.15) is 5.82 Å². The van der Waals surface area contributed by atoms with Gasteiger partial charge in [0, 0.05) is 11.8 Å². The lowest BCUT2D eigenvalue weighted by atomic mass is 9.86. The molecule has 0 aliphatic rings. The van der Waals surface area contributed by atoms with Crippen molar-refractivity contribution in [3.63, 3.8) is 0 Å². The number of benzene rings is 1. The zero-order chi connectivity index (χ0) is 15.8. The maximum Gasteiger partial charge on any atom is 0.123 e. The average Bonchev–Trinajstić information content (AvgIpc) is 2.37. The summed E-state index contributed by atoms with van der Waals surface area (Å²) >= 11 is 0. The Morgan fingerprint density at radius 1 is 1.00 bits per heavy atom. The monoisotopic (exact) mass is 301 g/mol. The third-order valence-corrected chi connectivity index (χ3v) is 5.67. The third-order valence-electron chi connectivity index (χ3n) is 3.66. The Morgan fingerprint density at radius 3 is 2.05 bits per heavy atom. The van der Waals surface area contributed by atoms with Crippen molar-refractivity contribution in [1.29, 1.82) is 0 Å². The van der Waals surface area contributed by atoms with Gasteiger partial charge in [0.05, 0.1) is 13.8 Å². The first-order chi connectivity index (χ1) is 9.59. The Kier molecular flexibility index (Phi) is 4.07. The number of rotatable bonds is 2. The van der Waals surface area contributed by atoms with Gasteiger partial charge in [-0.1, -0.05) is 40.4 Å². The molecule has 0 bridgehead atoms. The third kappa shape index (κ3) is 3.59. The molecular formula is C18H24FNSi.